The van der Waals surface area contributed by atoms with Gasteiger partial charge in [0.1, 0.15) is 10.5 Å². The number of rotatable bonds is 3. The van der Waals surface area contributed by atoms with Gasteiger partial charge in [0.15, 0.2) is 15.6 Å². The van der Waals surface area contributed by atoms with Crippen LogP contribution in [0.2, 0.25) is 0 Å². The van der Waals surface area contributed by atoms with Crippen LogP contribution >= 0.6 is 23.6 Å². The predicted molar refractivity (Wildman–Crippen MR) is 108 cm³/mol. The van der Waals surface area contributed by atoms with E-state index in [0.29, 0.717) is 5.69 Å². The second-order valence-corrected chi connectivity index (χ2v) is 7.73. The van der Waals surface area contributed by atoms with Gasteiger partial charge in [-0.25, -0.2) is 8.78 Å². The molecule has 0 fully saturated rings. The molecule has 2 aromatic heterocycles. The van der Waals surface area contributed by atoms with E-state index in [1.807, 2.05) is 19.1 Å². The molecule has 2 aromatic carbocycles. The molecule has 28 heavy (non-hydrogen) atoms. The van der Waals surface area contributed by atoms with Gasteiger partial charge in [-0.3, -0.25) is 14.0 Å². The van der Waals surface area contributed by atoms with Crippen LogP contribution in [0.15, 0.2) is 41.2 Å². The molecule has 0 saturated heterocycles. The summed E-state index contributed by atoms with van der Waals surface area (Å²) in [6.45, 7) is 1.97. The Morgan fingerprint density at radius 2 is 1.96 bits per heavy atom. The van der Waals surface area contributed by atoms with Crippen molar-refractivity contribution in [3.05, 3.63) is 72.8 Å². The third-order valence-electron chi connectivity index (χ3n) is 4.42. The van der Waals surface area contributed by atoms with E-state index in [0.717, 1.165) is 35.5 Å². The van der Waals surface area contributed by atoms with E-state index in [9.17, 15) is 18.4 Å². The summed E-state index contributed by atoms with van der Waals surface area (Å²) in [5.74, 6) is -2.68. The van der Waals surface area contributed by atoms with Gasteiger partial charge in [0, 0.05) is 11.8 Å². The fraction of sp³-hybridized carbons (Fsp3) is 0.105. The monoisotopic (exact) mass is 417 g/mol. The van der Waals surface area contributed by atoms with Crippen LogP contribution in [0, 0.1) is 15.6 Å². The number of aromatic nitrogens is 2. The Hall–Kier alpha value is -2.91. The lowest BCUT2D eigenvalue weighted by atomic mass is 10.1. The summed E-state index contributed by atoms with van der Waals surface area (Å²) in [6, 6.07) is 9.10. The van der Waals surface area contributed by atoms with E-state index in [4.69, 9.17) is 12.2 Å². The minimum Gasteiger partial charge on any atom is -0.321 e. The Morgan fingerprint density at radius 1 is 1.25 bits per heavy atom. The number of thiazole rings is 1. The van der Waals surface area contributed by atoms with E-state index < -0.39 is 23.1 Å². The summed E-state index contributed by atoms with van der Waals surface area (Å²) in [6.07, 6.45) is 0.731. The number of nitrogens with zero attached hydrogens (tertiary/aromatic N) is 1. The second kappa shape index (κ2) is 6.92. The van der Waals surface area contributed by atoms with Gasteiger partial charge in [0.05, 0.1) is 10.9 Å². The molecule has 0 aliphatic carbocycles. The summed E-state index contributed by atoms with van der Waals surface area (Å²) in [5.41, 5.74) is 1.23. The minimum atomic E-state index is -1.13. The molecule has 0 unspecified atom stereocenters. The first-order valence-corrected chi connectivity index (χ1v) is 9.59. The lowest BCUT2D eigenvalue weighted by Gasteiger charge is -2.09. The molecule has 4 aromatic rings. The summed E-state index contributed by atoms with van der Waals surface area (Å²) in [7, 11) is 0. The molecular formula is C19H13F2N3O2S2. The number of fused-ring (bicyclic) bond motifs is 3. The first kappa shape index (κ1) is 18.5. The van der Waals surface area contributed by atoms with Gasteiger partial charge < -0.3 is 10.3 Å². The highest BCUT2D eigenvalue weighted by molar-refractivity contribution is 7.73. The van der Waals surface area contributed by atoms with E-state index in [2.05, 4.69) is 10.3 Å². The minimum absolute atomic E-state index is 0.0522. The average Bonchev–Trinajstić information content (AvgIpc) is 3.00. The van der Waals surface area contributed by atoms with Crippen LogP contribution in [-0.4, -0.2) is 15.3 Å². The van der Waals surface area contributed by atoms with Gasteiger partial charge in [-0.15, -0.1) is 0 Å². The zero-order valence-corrected chi connectivity index (χ0v) is 16.1. The highest BCUT2D eigenvalue weighted by Gasteiger charge is 2.20. The van der Waals surface area contributed by atoms with Crippen LogP contribution in [0.1, 0.15) is 22.2 Å². The molecule has 5 nitrogen and oxygen atoms in total. The Bertz CT molecular complexity index is 1370. The van der Waals surface area contributed by atoms with Crippen LogP contribution in [0.5, 0.6) is 0 Å². The maximum Gasteiger partial charge on any atom is 0.269 e. The summed E-state index contributed by atoms with van der Waals surface area (Å²) >= 11 is 6.30. The van der Waals surface area contributed by atoms with Crippen molar-refractivity contribution in [1.82, 2.24) is 9.38 Å². The standard InChI is InChI=1S/C19H13F2N3O2S2/c1-2-9-5-3-4-6-13(9)22-18(26)15-16-23-17(25)10-7-11(20)12(21)8-14(10)24(16)19(27)28-15/h3-8H,2H2,1H3,(H,22,26)(H,23,25). The number of nitrogens with one attached hydrogen (secondary N) is 2. The third-order valence-corrected chi connectivity index (χ3v) is 5.79. The normalized spacial score (nSPS) is 11.2. The number of aryl methyl sites for hydroxylation is 1. The molecular weight excluding hydrogens is 404 g/mol. The number of hydrogen-bond donors (Lipinski definition) is 2. The highest BCUT2D eigenvalue weighted by Crippen LogP contribution is 2.25. The smallest absolute Gasteiger partial charge is 0.269 e. The number of H-pyrrole nitrogens is 1. The van der Waals surface area contributed by atoms with Crippen molar-refractivity contribution in [2.45, 2.75) is 13.3 Å². The number of halogens is 2. The molecule has 0 saturated carbocycles. The fourth-order valence-corrected chi connectivity index (χ4v) is 4.35. The summed E-state index contributed by atoms with van der Waals surface area (Å²) in [5, 5.41) is 2.77. The van der Waals surface area contributed by atoms with Crippen LogP contribution in [0.4, 0.5) is 14.5 Å². The van der Waals surface area contributed by atoms with Gasteiger partial charge in [0.25, 0.3) is 11.5 Å². The van der Waals surface area contributed by atoms with Crippen LogP contribution < -0.4 is 10.9 Å². The van der Waals surface area contributed by atoms with Gasteiger partial charge in [-0.05, 0) is 36.3 Å². The Kier molecular flexibility index (Phi) is 4.56. The Labute approximate surface area is 166 Å². The third kappa shape index (κ3) is 2.92. The molecule has 0 radical (unpaired) electrons. The topological polar surface area (TPSA) is 66.4 Å². The van der Waals surface area contributed by atoms with Crippen molar-refractivity contribution in [2.75, 3.05) is 5.32 Å². The maximum atomic E-state index is 13.8. The molecule has 0 bridgehead atoms. The van der Waals surface area contributed by atoms with E-state index in [-0.39, 0.29) is 25.4 Å². The van der Waals surface area contributed by atoms with E-state index in [1.54, 1.807) is 12.1 Å². The van der Waals surface area contributed by atoms with Gasteiger partial charge in [-0.2, -0.15) is 0 Å². The molecule has 2 heterocycles. The maximum absolute atomic E-state index is 13.8. The SMILES string of the molecule is CCc1ccccc1NC(=O)c1sc(=S)n2c1[nH]c(=O)c1cc(F)c(F)cc12. The average molecular weight is 417 g/mol. The lowest BCUT2D eigenvalue weighted by Crippen LogP contribution is -2.16. The molecule has 1 amide bonds. The zero-order chi connectivity index (χ0) is 20.0. The van der Waals surface area contributed by atoms with Gasteiger partial charge in [0.2, 0.25) is 0 Å². The molecule has 142 valence electrons. The molecule has 0 spiro atoms. The number of anilines is 1. The lowest BCUT2D eigenvalue weighted by molar-refractivity contribution is 0.103. The number of aromatic amines is 1. The van der Waals surface area contributed by atoms with Crippen molar-refractivity contribution < 1.29 is 13.6 Å². The van der Waals surface area contributed by atoms with Crippen molar-refractivity contribution in [3.63, 3.8) is 0 Å². The quantitative estimate of drug-likeness (QED) is 0.476. The van der Waals surface area contributed by atoms with Gasteiger partial charge in [-0.1, -0.05) is 36.5 Å². The van der Waals surface area contributed by atoms with Gasteiger partial charge >= 0.3 is 0 Å². The van der Waals surface area contributed by atoms with Crippen molar-refractivity contribution in [1.29, 1.82) is 0 Å². The number of carbonyl (C=O) groups excluding carboxylic acids is 1. The number of para-hydroxylation sites is 1. The number of amides is 1. The highest BCUT2D eigenvalue weighted by atomic mass is 32.1. The molecule has 0 aliphatic heterocycles. The van der Waals surface area contributed by atoms with E-state index in [1.165, 1.54) is 4.40 Å². The largest absolute Gasteiger partial charge is 0.321 e. The predicted octanol–water partition coefficient (Wildman–Crippen LogP) is 4.66. The van der Waals surface area contributed by atoms with Crippen molar-refractivity contribution in [2.24, 2.45) is 0 Å². The molecule has 2 N–H and O–H groups in total. The summed E-state index contributed by atoms with van der Waals surface area (Å²) in [4.78, 5) is 28.0. The zero-order valence-electron chi connectivity index (χ0n) is 14.5. The molecule has 4 rings (SSSR count). The number of carbonyl (C=O) groups is 1. The molecule has 9 heteroatoms. The number of benzene rings is 2. The van der Waals surface area contributed by atoms with Crippen LogP contribution in [0.25, 0.3) is 16.6 Å². The number of hydrogen-bond acceptors (Lipinski definition) is 4. The first-order chi connectivity index (χ1) is 13.4. The van der Waals surface area contributed by atoms with E-state index >= 15 is 0 Å². The van der Waals surface area contributed by atoms with Crippen LogP contribution in [-0.2, 0) is 6.42 Å². The molecule has 0 atom stereocenters. The van der Waals surface area contributed by atoms with Crippen molar-refractivity contribution >= 4 is 51.7 Å². The first-order valence-electron chi connectivity index (χ1n) is 8.36. The molecule has 0 aliphatic rings. The Morgan fingerprint density at radius 3 is 2.71 bits per heavy atom. The summed E-state index contributed by atoms with van der Waals surface area (Å²) < 4.78 is 28.9. The van der Waals surface area contributed by atoms with Crippen LogP contribution in [0.3, 0.4) is 0 Å². The van der Waals surface area contributed by atoms with Crippen molar-refractivity contribution in [3.8, 4) is 0 Å². The fourth-order valence-electron chi connectivity index (χ4n) is 3.07. The second-order valence-electron chi connectivity index (χ2n) is 6.08. The Balaban J connectivity index is 1.91.